The molecule has 2 aromatic rings. The Morgan fingerprint density at radius 3 is 2.05 bits per heavy atom. The van der Waals surface area contributed by atoms with Crippen molar-refractivity contribution in [1.29, 1.82) is 0 Å². The zero-order valence-corrected chi connectivity index (χ0v) is 10.4. The highest BCUT2D eigenvalue weighted by Gasteiger charge is 2.20. The Labute approximate surface area is 116 Å². The summed E-state index contributed by atoms with van der Waals surface area (Å²) in [7, 11) is 0. The molecule has 0 heterocycles. The number of primary amides is 1. The molecule has 0 aromatic heterocycles. The van der Waals surface area contributed by atoms with Crippen LogP contribution in [0.2, 0.25) is 0 Å². The van der Waals surface area contributed by atoms with Crippen LogP contribution in [0.1, 0.15) is 10.4 Å². The van der Waals surface area contributed by atoms with Gasteiger partial charge in [-0.1, -0.05) is 0 Å². The summed E-state index contributed by atoms with van der Waals surface area (Å²) in [5, 5.41) is 2.15. The summed E-state index contributed by atoms with van der Waals surface area (Å²) in [5.41, 5.74) is 9.56. The second kappa shape index (κ2) is 5.31. The second-order valence-electron chi connectivity index (χ2n) is 4.13. The van der Waals surface area contributed by atoms with Crippen molar-refractivity contribution in [2.75, 3.05) is 11.1 Å². The normalized spacial score (nSPS) is 10.5. The number of nitrogens with one attached hydrogen (secondary N) is 1. The van der Waals surface area contributed by atoms with Gasteiger partial charge in [0.25, 0.3) is 0 Å². The van der Waals surface area contributed by atoms with Gasteiger partial charge in [0.1, 0.15) is 5.69 Å². The first-order chi connectivity index (χ1) is 9.81. The Balaban J connectivity index is 2.46. The average molecular weight is 299 g/mol. The SMILES string of the molecule is NC(=O)c1ccc(Nc2c(F)c(F)cc(F)c2F)c(N)c1. The zero-order valence-electron chi connectivity index (χ0n) is 10.4. The van der Waals surface area contributed by atoms with Gasteiger partial charge >= 0.3 is 0 Å². The lowest BCUT2D eigenvalue weighted by Crippen LogP contribution is -2.12. The van der Waals surface area contributed by atoms with Gasteiger partial charge in [-0.2, -0.15) is 0 Å². The maximum atomic E-state index is 13.5. The largest absolute Gasteiger partial charge is 0.397 e. The number of nitrogens with two attached hydrogens (primary N) is 2. The van der Waals surface area contributed by atoms with Crippen molar-refractivity contribution >= 4 is 23.0 Å². The lowest BCUT2D eigenvalue weighted by Gasteiger charge is -2.12. The van der Waals surface area contributed by atoms with Crippen LogP contribution < -0.4 is 16.8 Å². The van der Waals surface area contributed by atoms with Crippen LogP contribution in [0.3, 0.4) is 0 Å². The summed E-state index contributed by atoms with van der Waals surface area (Å²) in [5.74, 6) is -7.03. The predicted molar refractivity (Wildman–Crippen MR) is 68.9 cm³/mol. The number of hydrogen-bond donors (Lipinski definition) is 3. The van der Waals surface area contributed by atoms with Gasteiger partial charge in [-0.25, -0.2) is 17.6 Å². The molecule has 2 rings (SSSR count). The van der Waals surface area contributed by atoms with Gasteiger partial charge < -0.3 is 16.8 Å². The van der Waals surface area contributed by atoms with E-state index in [9.17, 15) is 22.4 Å². The molecule has 0 bridgehead atoms. The van der Waals surface area contributed by atoms with E-state index in [1.165, 1.54) is 12.1 Å². The molecule has 2 aromatic carbocycles. The van der Waals surface area contributed by atoms with Crippen molar-refractivity contribution in [1.82, 2.24) is 0 Å². The van der Waals surface area contributed by atoms with Crippen LogP contribution in [0.4, 0.5) is 34.6 Å². The van der Waals surface area contributed by atoms with E-state index in [-0.39, 0.29) is 23.0 Å². The molecule has 0 saturated heterocycles. The van der Waals surface area contributed by atoms with Crippen LogP contribution in [0, 0.1) is 23.3 Å². The number of anilines is 3. The van der Waals surface area contributed by atoms with Crippen LogP contribution in [0.5, 0.6) is 0 Å². The van der Waals surface area contributed by atoms with E-state index in [2.05, 4.69) is 5.32 Å². The molecule has 0 spiro atoms. The van der Waals surface area contributed by atoms with Gasteiger partial charge in [0, 0.05) is 11.6 Å². The van der Waals surface area contributed by atoms with Crippen molar-refractivity contribution in [3.05, 3.63) is 53.1 Å². The lowest BCUT2D eigenvalue weighted by atomic mass is 10.1. The summed E-state index contributed by atoms with van der Waals surface area (Å²) in [4.78, 5) is 10.9. The van der Waals surface area contributed by atoms with Crippen molar-refractivity contribution < 1.29 is 22.4 Å². The van der Waals surface area contributed by atoms with Crippen LogP contribution in [-0.4, -0.2) is 5.91 Å². The smallest absolute Gasteiger partial charge is 0.248 e. The molecular formula is C13H9F4N3O. The molecular weight excluding hydrogens is 290 g/mol. The molecule has 0 fully saturated rings. The van der Waals surface area contributed by atoms with Gasteiger partial charge in [-0.15, -0.1) is 0 Å². The Morgan fingerprint density at radius 1 is 1.00 bits per heavy atom. The maximum Gasteiger partial charge on any atom is 0.248 e. The van der Waals surface area contributed by atoms with Gasteiger partial charge in [-0.3, -0.25) is 4.79 Å². The van der Waals surface area contributed by atoms with Crippen LogP contribution in [0.15, 0.2) is 24.3 Å². The fourth-order valence-electron chi connectivity index (χ4n) is 1.65. The number of amides is 1. The fourth-order valence-corrected chi connectivity index (χ4v) is 1.65. The number of hydrogen-bond acceptors (Lipinski definition) is 3. The van der Waals surface area contributed by atoms with E-state index >= 15 is 0 Å². The first kappa shape index (κ1) is 14.6. The minimum absolute atomic E-state index is 0.0391. The van der Waals surface area contributed by atoms with Crippen molar-refractivity contribution in [3.8, 4) is 0 Å². The summed E-state index contributed by atoms with van der Waals surface area (Å²) in [6.07, 6.45) is 0. The maximum absolute atomic E-state index is 13.5. The van der Waals surface area contributed by atoms with E-state index in [0.717, 1.165) is 6.07 Å². The van der Waals surface area contributed by atoms with E-state index in [0.29, 0.717) is 0 Å². The Kier molecular flexibility index (Phi) is 3.70. The number of carbonyl (C=O) groups excluding carboxylic acids is 1. The molecule has 0 radical (unpaired) electrons. The first-order valence-corrected chi connectivity index (χ1v) is 5.60. The van der Waals surface area contributed by atoms with Crippen molar-refractivity contribution in [2.45, 2.75) is 0 Å². The Morgan fingerprint density at radius 2 is 1.57 bits per heavy atom. The predicted octanol–water partition coefficient (Wildman–Crippen LogP) is 2.67. The number of halogens is 4. The van der Waals surface area contributed by atoms with E-state index < -0.39 is 34.9 Å². The van der Waals surface area contributed by atoms with E-state index in [4.69, 9.17) is 11.5 Å². The third kappa shape index (κ3) is 2.73. The Bertz CT molecular complexity index is 708. The summed E-state index contributed by atoms with van der Waals surface area (Å²) < 4.78 is 53.2. The minimum Gasteiger partial charge on any atom is -0.397 e. The molecule has 4 nitrogen and oxygen atoms in total. The quantitative estimate of drug-likeness (QED) is 0.463. The van der Waals surface area contributed by atoms with Crippen LogP contribution in [-0.2, 0) is 0 Å². The highest BCUT2D eigenvalue weighted by molar-refractivity contribution is 5.95. The molecule has 5 N–H and O–H groups in total. The molecule has 0 aliphatic carbocycles. The monoisotopic (exact) mass is 299 g/mol. The Hall–Kier alpha value is -2.77. The van der Waals surface area contributed by atoms with Gasteiger partial charge in [0.05, 0.1) is 11.4 Å². The third-order valence-corrected chi connectivity index (χ3v) is 2.71. The van der Waals surface area contributed by atoms with Crippen LogP contribution >= 0.6 is 0 Å². The molecule has 0 aliphatic rings. The third-order valence-electron chi connectivity index (χ3n) is 2.71. The molecule has 0 saturated carbocycles. The molecule has 8 heteroatoms. The molecule has 0 unspecified atom stereocenters. The number of carbonyl (C=O) groups is 1. The highest BCUT2D eigenvalue weighted by Crippen LogP contribution is 2.30. The second-order valence-corrected chi connectivity index (χ2v) is 4.13. The number of nitrogen functional groups attached to an aromatic ring is 1. The van der Waals surface area contributed by atoms with Gasteiger partial charge in [-0.05, 0) is 18.2 Å². The highest BCUT2D eigenvalue weighted by atomic mass is 19.2. The zero-order chi connectivity index (χ0) is 15.7. The molecule has 1 amide bonds. The molecule has 110 valence electrons. The topological polar surface area (TPSA) is 81.1 Å². The van der Waals surface area contributed by atoms with Gasteiger partial charge in [0.15, 0.2) is 23.3 Å². The fraction of sp³-hybridized carbons (Fsp3) is 0. The van der Waals surface area contributed by atoms with Crippen molar-refractivity contribution in [2.24, 2.45) is 5.73 Å². The van der Waals surface area contributed by atoms with Gasteiger partial charge in [0.2, 0.25) is 5.91 Å². The van der Waals surface area contributed by atoms with E-state index in [1.54, 1.807) is 0 Å². The van der Waals surface area contributed by atoms with E-state index in [1.807, 2.05) is 0 Å². The average Bonchev–Trinajstić information content (AvgIpc) is 2.42. The molecule has 0 aliphatic heterocycles. The summed E-state index contributed by atoms with van der Waals surface area (Å²) >= 11 is 0. The summed E-state index contributed by atoms with van der Waals surface area (Å²) in [6, 6.07) is 3.70. The standard InChI is InChI=1S/C13H9F4N3O/c14-6-4-7(15)11(17)12(10(6)16)20-9-2-1-5(13(19)21)3-8(9)18/h1-4,20H,18H2,(H2,19,21). The number of benzene rings is 2. The molecule has 0 atom stereocenters. The van der Waals surface area contributed by atoms with Crippen LogP contribution in [0.25, 0.3) is 0 Å². The lowest BCUT2D eigenvalue weighted by molar-refractivity contribution is 0.100. The minimum atomic E-state index is -1.59. The van der Waals surface area contributed by atoms with Crippen molar-refractivity contribution in [3.63, 3.8) is 0 Å². The first-order valence-electron chi connectivity index (χ1n) is 5.60. The molecule has 21 heavy (non-hydrogen) atoms. The number of rotatable bonds is 3. The summed E-state index contributed by atoms with van der Waals surface area (Å²) in [6.45, 7) is 0.